The first-order chi connectivity index (χ1) is 9.13. The molecule has 0 fully saturated rings. The van der Waals surface area contributed by atoms with Gasteiger partial charge in [-0.15, -0.1) is 0 Å². The van der Waals surface area contributed by atoms with Crippen LogP contribution in [0.2, 0.25) is 0 Å². The van der Waals surface area contributed by atoms with Gasteiger partial charge in [-0.25, -0.2) is 9.97 Å². The van der Waals surface area contributed by atoms with Gasteiger partial charge in [-0.2, -0.15) is 0 Å². The Hall–Kier alpha value is -2.36. The normalized spacial score (nSPS) is 11.1. The maximum Gasteiger partial charge on any atom is 0.202 e. The highest BCUT2D eigenvalue weighted by Crippen LogP contribution is 2.18. The Morgan fingerprint density at radius 2 is 2.00 bits per heavy atom. The first kappa shape index (κ1) is 11.7. The molecule has 0 atom stereocenters. The molecule has 0 aliphatic carbocycles. The molecule has 0 spiro atoms. The summed E-state index contributed by atoms with van der Waals surface area (Å²) in [7, 11) is 0. The molecule has 4 nitrogen and oxygen atoms in total. The summed E-state index contributed by atoms with van der Waals surface area (Å²) >= 11 is 0. The zero-order valence-electron chi connectivity index (χ0n) is 11.1. The van der Waals surface area contributed by atoms with Crippen LogP contribution >= 0.6 is 0 Å². The summed E-state index contributed by atoms with van der Waals surface area (Å²) < 4.78 is 1.95. The van der Waals surface area contributed by atoms with Crippen LogP contribution in [0.15, 0.2) is 36.5 Å². The summed E-state index contributed by atoms with van der Waals surface area (Å²) in [5.74, 6) is 0.509. The van der Waals surface area contributed by atoms with Crippen molar-refractivity contribution in [1.29, 1.82) is 0 Å². The van der Waals surface area contributed by atoms with Gasteiger partial charge in [-0.3, -0.25) is 4.57 Å². The average Bonchev–Trinajstić information content (AvgIpc) is 2.65. The fourth-order valence-corrected chi connectivity index (χ4v) is 2.28. The second-order valence-corrected chi connectivity index (χ2v) is 4.90. The molecule has 3 aromatic rings. The summed E-state index contributed by atoms with van der Waals surface area (Å²) in [6.07, 6.45) is 1.84. The molecule has 0 saturated heterocycles. The Morgan fingerprint density at radius 1 is 1.16 bits per heavy atom. The van der Waals surface area contributed by atoms with E-state index in [1.807, 2.05) is 23.8 Å². The zero-order chi connectivity index (χ0) is 13.4. The van der Waals surface area contributed by atoms with E-state index in [0.717, 1.165) is 16.7 Å². The average molecular weight is 252 g/mol. The van der Waals surface area contributed by atoms with E-state index < -0.39 is 0 Å². The topological polar surface area (TPSA) is 56.7 Å². The Kier molecular flexibility index (Phi) is 2.71. The number of nitrogens with zero attached hydrogens (tertiary/aromatic N) is 3. The smallest absolute Gasteiger partial charge is 0.202 e. The number of benzene rings is 1. The second kappa shape index (κ2) is 4.39. The van der Waals surface area contributed by atoms with E-state index in [-0.39, 0.29) is 0 Å². The molecule has 96 valence electrons. The Balaban J connectivity index is 2.07. The number of imidazole rings is 1. The number of fused-ring (bicyclic) bond motifs is 1. The molecule has 0 radical (unpaired) electrons. The molecule has 0 saturated carbocycles. The van der Waals surface area contributed by atoms with Gasteiger partial charge in [0.1, 0.15) is 5.52 Å². The Morgan fingerprint density at radius 3 is 2.79 bits per heavy atom. The van der Waals surface area contributed by atoms with Crippen LogP contribution in [0.4, 0.5) is 5.95 Å². The van der Waals surface area contributed by atoms with E-state index in [0.29, 0.717) is 12.5 Å². The van der Waals surface area contributed by atoms with Gasteiger partial charge in [0.2, 0.25) is 5.95 Å². The maximum atomic E-state index is 6.00. The van der Waals surface area contributed by atoms with Crippen LogP contribution in [0, 0.1) is 13.8 Å². The van der Waals surface area contributed by atoms with Crippen molar-refractivity contribution in [2.24, 2.45) is 0 Å². The minimum Gasteiger partial charge on any atom is -0.369 e. The third kappa shape index (κ3) is 2.17. The molecular formula is C15H16N4. The number of aryl methyl sites for hydroxylation is 2. The van der Waals surface area contributed by atoms with Crippen LogP contribution in [0.25, 0.3) is 11.2 Å². The minimum absolute atomic E-state index is 0.509. The summed E-state index contributed by atoms with van der Waals surface area (Å²) in [6.45, 7) is 4.78. The van der Waals surface area contributed by atoms with Crippen molar-refractivity contribution in [3.8, 4) is 0 Å². The lowest BCUT2D eigenvalue weighted by atomic mass is 10.1. The number of rotatable bonds is 2. The largest absolute Gasteiger partial charge is 0.369 e. The summed E-state index contributed by atoms with van der Waals surface area (Å²) in [4.78, 5) is 8.81. The summed E-state index contributed by atoms with van der Waals surface area (Å²) in [6, 6.07) is 10.4. The van der Waals surface area contributed by atoms with E-state index in [4.69, 9.17) is 5.73 Å². The molecule has 3 rings (SSSR count). The molecule has 2 aromatic heterocycles. The van der Waals surface area contributed by atoms with Gasteiger partial charge in [0.25, 0.3) is 0 Å². The summed E-state index contributed by atoms with van der Waals surface area (Å²) in [5, 5.41) is 0. The van der Waals surface area contributed by atoms with Crippen LogP contribution in [0.3, 0.4) is 0 Å². The maximum absolute atomic E-state index is 6.00. The Labute approximate surface area is 111 Å². The quantitative estimate of drug-likeness (QED) is 0.763. The van der Waals surface area contributed by atoms with E-state index in [2.05, 4.69) is 41.2 Å². The number of nitrogens with two attached hydrogens (primary N) is 1. The molecule has 0 bridgehead atoms. The van der Waals surface area contributed by atoms with Gasteiger partial charge in [0.15, 0.2) is 5.65 Å². The van der Waals surface area contributed by atoms with Crippen LogP contribution in [-0.2, 0) is 6.54 Å². The summed E-state index contributed by atoms with van der Waals surface area (Å²) in [5.41, 5.74) is 11.2. The van der Waals surface area contributed by atoms with Gasteiger partial charge in [0.05, 0.1) is 6.54 Å². The van der Waals surface area contributed by atoms with Crippen LogP contribution < -0.4 is 5.73 Å². The van der Waals surface area contributed by atoms with Gasteiger partial charge < -0.3 is 5.73 Å². The highest BCUT2D eigenvalue weighted by atomic mass is 15.2. The van der Waals surface area contributed by atoms with Crippen molar-refractivity contribution in [1.82, 2.24) is 14.5 Å². The first-order valence-corrected chi connectivity index (χ1v) is 6.27. The molecule has 2 heterocycles. The molecule has 0 aliphatic rings. The van der Waals surface area contributed by atoms with Crippen molar-refractivity contribution in [3.63, 3.8) is 0 Å². The van der Waals surface area contributed by atoms with Gasteiger partial charge in [0, 0.05) is 6.20 Å². The van der Waals surface area contributed by atoms with Gasteiger partial charge in [-0.1, -0.05) is 29.8 Å². The van der Waals surface area contributed by atoms with E-state index >= 15 is 0 Å². The SMILES string of the molecule is Cc1cccc(Cn2c(N)nc3cc(C)cnc32)c1. The van der Waals surface area contributed by atoms with Crippen molar-refractivity contribution in [3.05, 3.63) is 53.2 Å². The fourth-order valence-electron chi connectivity index (χ4n) is 2.28. The second-order valence-electron chi connectivity index (χ2n) is 4.90. The third-order valence-corrected chi connectivity index (χ3v) is 3.17. The lowest BCUT2D eigenvalue weighted by Gasteiger charge is -2.06. The molecule has 0 amide bonds. The van der Waals surface area contributed by atoms with Gasteiger partial charge >= 0.3 is 0 Å². The molecule has 19 heavy (non-hydrogen) atoms. The number of pyridine rings is 1. The highest BCUT2D eigenvalue weighted by Gasteiger charge is 2.09. The predicted octanol–water partition coefficient (Wildman–Crippen LogP) is 2.68. The van der Waals surface area contributed by atoms with E-state index in [1.165, 1.54) is 11.1 Å². The monoisotopic (exact) mass is 252 g/mol. The molecule has 1 aromatic carbocycles. The minimum atomic E-state index is 0.509. The zero-order valence-corrected chi connectivity index (χ0v) is 11.1. The van der Waals surface area contributed by atoms with E-state index in [1.54, 1.807) is 0 Å². The first-order valence-electron chi connectivity index (χ1n) is 6.27. The molecule has 0 aliphatic heterocycles. The van der Waals surface area contributed by atoms with Crippen LogP contribution in [-0.4, -0.2) is 14.5 Å². The number of hydrogen-bond acceptors (Lipinski definition) is 3. The lowest BCUT2D eigenvalue weighted by molar-refractivity contribution is 0.826. The predicted molar refractivity (Wildman–Crippen MR) is 77.0 cm³/mol. The third-order valence-electron chi connectivity index (χ3n) is 3.17. The van der Waals surface area contributed by atoms with Crippen LogP contribution in [0.1, 0.15) is 16.7 Å². The van der Waals surface area contributed by atoms with Crippen molar-refractivity contribution in [2.75, 3.05) is 5.73 Å². The Bertz CT molecular complexity index is 743. The molecule has 2 N–H and O–H groups in total. The van der Waals surface area contributed by atoms with Crippen LogP contribution in [0.5, 0.6) is 0 Å². The highest BCUT2D eigenvalue weighted by molar-refractivity contribution is 5.74. The number of nitrogen functional groups attached to an aromatic ring is 1. The molecule has 0 unspecified atom stereocenters. The van der Waals surface area contributed by atoms with Crippen molar-refractivity contribution in [2.45, 2.75) is 20.4 Å². The lowest BCUT2D eigenvalue weighted by Crippen LogP contribution is -2.05. The number of anilines is 1. The van der Waals surface area contributed by atoms with Gasteiger partial charge in [-0.05, 0) is 31.0 Å². The van der Waals surface area contributed by atoms with E-state index in [9.17, 15) is 0 Å². The molecule has 4 heteroatoms. The standard InChI is InChI=1S/C15H16N4/c1-10-4-3-5-12(6-10)9-19-14-13(18-15(19)16)7-11(2)8-17-14/h3-8H,9H2,1-2H3,(H2,16,18). The van der Waals surface area contributed by atoms with Crippen molar-refractivity contribution >= 4 is 17.1 Å². The van der Waals surface area contributed by atoms with Crippen molar-refractivity contribution < 1.29 is 0 Å². The fraction of sp³-hybridized carbons (Fsp3) is 0.200. The number of hydrogen-bond donors (Lipinski definition) is 1. The number of aromatic nitrogens is 3. The molecular weight excluding hydrogens is 236 g/mol.